The zero-order valence-electron chi connectivity index (χ0n) is 11.5. The van der Waals surface area contributed by atoms with Crippen LogP contribution in [0.2, 0.25) is 0 Å². The van der Waals surface area contributed by atoms with Crippen LogP contribution in [0.5, 0.6) is 0 Å². The summed E-state index contributed by atoms with van der Waals surface area (Å²) in [6.07, 6.45) is 0. The Bertz CT molecular complexity index is 671. The maximum atomic E-state index is 11.7. The highest BCUT2D eigenvalue weighted by atomic mass is 32.2. The van der Waals surface area contributed by atoms with Gasteiger partial charge in [-0.25, -0.2) is 4.79 Å². The summed E-state index contributed by atoms with van der Waals surface area (Å²) < 4.78 is 1.55. The Kier molecular flexibility index (Phi) is 4.53. The van der Waals surface area contributed by atoms with Crippen LogP contribution < -0.4 is 11.1 Å². The molecule has 3 amide bonds. The van der Waals surface area contributed by atoms with Gasteiger partial charge >= 0.3 is 6.03 Å². The zero-order chi connectivity index (χ0) is 15.4. The summed E-state index contributed by atoms with van der Waals surface area (Å²) in [6.45, 7) is 3.58. The monoisotopic (exact) mass is 306 g/mol. The van der Waals surface area contributed by atoms with Crippen molar-refractivity contribution in [2.75, 3.05) is 0 Å². The van der Waals surface area contributed by atoms with E-state index in [1.165, 1.54) is 0 Å². The van der Waals surface area contributed by atoms with Gasteiger partial charge in [0.1, 0.15) is 0 Å². The lowest BCUT2D eigenvalue weighted by Crippen LogP contribution is -2.39. The van der Waals surface area contributed by atoms with Crippen LogP contribution in [0.1, 0.15) is 12.5 Å². The molecule has 0 fully saturated rings. The van der Waals surface area contributed by atoms with Gasteiger partial charge in [-0.05, 0) is 35.9 Å². The summed E-state index contributed by atoms with van der Waals surface area (Å²) in [5.74, 6) is -0.494. The molecule has 3 N–H and O–H groups in total. The number of benzene rings is 1. The number of hydrogen-bond donors (Lipinski definition) is 2. The fourth-order valence-corrected chi connectivity index (χ4v) is 2.44. The van der Waals surface area contributed by atoms with E-state index in [4.69, 9.17) is 5.73 Å². The molecule has 0 radical (unpaired) electrons. The van der Waals surface area contributed by atoms with Crippen LogP contribution in [0, 0.1) is 6.92 Å². The summed E-state index contributed by atoms with van der Waals surface area (Å²) >= 11 is 1.14. The number of tetrazole rings is 1. The number of nitrogens with two attached hydrogens (primary N) is 1. The van der Waals surface area contributed by atoms with E-state index in [0.29, 0.717) is 5.16 Å². The van der Waals surface area contributed by atoms with Crippen LogP contribution in [-0.4, -0.2) is 37.4 Å². The second kappa shape index (κ2) is 6.35. The molecule has 2 rings (SSSR count). The minimum atomic E-state index is -0.883. The first-order valence-electron chi connectivity index (χ1n) is 6.10. The number of imide groups is 1. The number of aryl methyl sites for hydroxylation is 1. The van der Waals surface area contributed by atoms with Crippen molar-refractivity contribution in [2.45, 2.75) is 24.3 Å². The fraction of sp³-hybridized carbons (Fsp3) is 0.250. The van der Waals surface area contributed by atoms with Gasteiger partial charge in [-0.1, -0.05) is 30.0 Å². The first kappa shape index (κ1) is 15.0. The number of rotatable bonds is 4. The van der Waals surface area contributed by atoms with Crippen molar-refractivity contribution in [3.8, 4) is 5.69 Å². The number of nitrogens with one attached hydrogen (secondary N) is 1. The first-order valence-corrected chi connectivity index (χ1v) is 6.98. The summed E-state index contributed by atoms with van der Waals surface area (Å²) in [6, 6.07) is 6.73. The lowest BCUT2D eigenvalue weighted by Gasteiger charge is -2.10. The van der Waals surface area contributed by atoms with Crippen LogP contribution >= 0.6 is 11.8 Å². The molecule has 2 aromatic rings. The van der Waals surface area contributed by atoms with Gasteiger partial charge in [-0.15, -0.1) is 5.10 Å². The van der Waals surface area contributed by atoms with Crippen LogP contribution in [0.25, 0.3) is 5.69 Å². The number of hydrogen-bond acceptors (Lipinski definition) is 6. The third kappa shape index (κ3) is 3.57. The molecule has 1 aromatic carbocycles. The van der Waals surface area contributed by atoms with E-state index < -0.39 is 17.2 Å². The van der Waals surface area contributed by atoms with Gasteiger partial charge in [-0.3, -0.25) is 10.1 Å². The second-order valence-corrected chi connectivity index (χ2v) is 5.58. The van der Waals surface area contributed by atoms with E-state index in [9.17, 15) is 9.59 Å². The van der Waals surface area contributed by atoms with Gasteiger partial charge in [0.15, 0.2) is 0 Å². The average molecular weight is 306 g/mol. The maximum absolute atomic E-state index is 11.7. The molecule has 21 heavy (non-hydrogen) atoms. The number of amides is 3. The fourth-order valence-electron chi connectivity index (χ4n) is 1.64. The molecule has 1 aromatic heterocycles. The smallest absolute Gasteiger partial charge is 0.318 e. The van der Waals surface area contributed by atoms with Gasteiger partial charge in [-0.2, -0.15) is 4.68 Å². The lowest BCUT2D eigenvalue weighted by atomic mass is 10.2. The van der Waals surface area contributed by atoms with Crippen molar-refractivity contribution >= 4 is 23.7 Å². The Labute approximate surface area is 125 Å². The van der Waals surface area contributed by atoms with Crippen molar-refractivity contribution in [3.05, 3.63) is 29.8 Å². The number of carbonyl (C=O) groups is 2. The molecule has 1 heterocycles. The van der Waals surface area contributed by atoms with Crippen molar-refractivity contribution < 1.29 is 9.59 Å². The number of carbonyl (C=O) groups excluding carboxylic acids is 2. The normalized spacial score (nSPS) is 11.9. The number of nitrogens with zero attached hydrogens (tertiary/aromatic N) is 4. The van der Waals surface area contributed by atoms with E-state index in [1.54, 1.807) is 11.6 Å². The number of urea groups is 1. The highest BCUT2D eigenvalue weighted by molar-refractivity contribution is 8.00. The first-order chi connectivity index (χ1) is 9.99. The Hall–Kier alpha value is -2.42. The predicted molar refractivity (Wildman–Crippen MR) is 76.9 cm³/mol. The highest BCUT2D eigenvalue weighted by Gasteiger charge is 2.20. The quantitative estimate of drug-likeness (QED) is 0.801. The topological polar surface area (TPSA) is 116 Å². The van der Waals surface area contributed by atoms with Crippen LogP contribution in [0.3, 0.4) is 0 Å². The van der Waals surface area contributed by atoms with E-state index in [0.717, 1.165) is 23.0 Å². The highest BCUT2D eigenvalue weighted by Crippen LogP contribution is 2.24. The predicted octanol–water partition coefficient (Wildman–Crippen LogP) is 0.646. The van der Waals surface area contributed by atoms with Crippen molar-refractivity contribution in [1.82, 2.24) is 25.5 Å². The minimum Gasteiger partial charge on any atom is -0.351 e. The van der Waals surface area contributed by atoms with E-state index >= 15 is 0 Å². The molecule has 0 bridgehead atoms. The van der Waals surface area contributed by atoms with Crippen LogP contribution in [-0.2, 0) is 4.79 Å². The summed E-state index contributed by atoms with van der Waals surface area (Å²) in [5, 5.41) is 13.4. The van der Waals surface area contributed by atoms with Gasteiger partial charge < -0.3 is 5.73 Å². The van der Waals surface area contributed by atoms with E-state index in [2.05, 4.69) is 15.5 Å². The molecular formula is C12H14N6O2S. The van der Waals surface area contributed by atoms with Gasteiger partial charge in [0, 0.05) is 0 Å². The molecule has 1 atom stereocenters. The molecule has 0 aliphatic carbocycles. The summed E-state index contributed by atoms with van der Waals surface area (Å²) in [7, 11) is 0. The molecular weight excluding hydrogens is 292 g/mol. The third-order valence-electron chi connectivity index (χ3n) is 2.68. The summed E-state index contributed by atoms with van der Waals surface area (Å²) in [5.41, 5.74) is 6.75. The molecule has 110 valence electrons. The molecule has 0 saturated carbocycles. The Morgan fingerprint density at radius 1 is 1.38 bits per heavy atom. The van der Waals surface area contributed by atoms with E-state index in [-0.39, 0.29) is 0 Å². The average Bonchev–Trinajstić information content (AvgIpc) is 2.86. The molecule has 0 unspecified atom stereocenters. The van der Waals surface area contributed by atoms with Gasteiger partial charge in [0.25, 0.3) is 0 Å². The lowest BCUT2D eigenvalue weighted by molar-refractivity contribution is -0.119. The second-order valence-electron chi connectivity index (χ2n) is 4.27. The SMILES string of the molecule is Cc1ccccc1-n1nnnc1S[C@@H](C)C(=O)NC(N)=O. The minimum absolute atomic E-state index is 0.455. The molecule has 9 heteroatoms. The van der Waals surface area contributed by atoms with Crippen molar-refractivity contribution in [2.24, 2.45) is 5.73 Å². The number of para-hydroxylation sites is 1. The molecule has 0 spiro atoms. The molecule has 0 saturated heterocycles. The zero-order valence-corrected chi connectivity index (χ0v) is 12.3. The number of thioether (sulfide) groups is 1. The van der Waals surface area contributed by atoms with Crippen LogP contribution in [0.4, 0.5) is 4.79 Å². The standard InChI is InChI=1S/C12H14N6O2S/c1-7-5-3-4-6-9(7)18-12(15-16-17-18)21-8(2)10(19)14-11(13)20/h3-6,8H,1-2H3,(H3,13,14,19,20)/t8-/m0/s1. The Morgan fingerprint density at radius 3 is 2.76 bits per heavy atom. The summed E-state index contributed by atoms with van der Waals surface area (Å²) in [4.78, 5) is 22.4. The van der Waals surface area contributed by atoms with Crippen molar-refractivity contribution in [1.29, 1.82) is 0 Å². The number of aromatic nitrogens is 4. The van der Waals surface area contributed by atoms with Gasteiger partial charge in [0.05, 0.1) is 10.9 Å². The largest absolute Gasteiger partial charge is 0.351 e. The Balaban J connectivity index is 2.20. The van der Waals surface area contributed by atoms with E-state index in [1.807, 2.05) is 36.5 Å². The maximum Gasteiger partial charge on any atom is 0.318 e. The molecule has 0 aliphatic heterocycles. The molecule has 8 nitrogen and oxygen atoms in total. The Morgan fingerprint density at radius 2 is 2.10 bits per heavy atom. The van der Waals surface area contributed by atoms with Gasteiger partial charge in [0.2, 0.25) is 11.1 Å². The van der Waals surface area contributed by atoms with Crippen molar-refractivity contribution in [3.63, 3.8) is 0 Å². The third-order valence-corrected chi connectivity index (χ3v) is 3.72. The van der Waals surface area contributed by atoms with Crippen LogP contribution in [0.15, 0.2) is 29.4 Å². The molecule has 0 aliphatic rings. The number of primary amides is 1.